The Labute approximate surface area is 271 Å². The Hall–Kier alpha value is -3.17. The number of amides is 2. The molecule has 0 bridgehead atoms. The lowest BCUT2D eigenvalue weighted by Crippen LogP contribution is -2.53. The van der Waals surface area contributed by atoms with E-state index in [2.05, 4.69) is 21.2 Å². The molecule has 3 aromatic rings. The van der Waals surface area contributed by atoms with E-state index in [1.807, 2.05) is 86.6 Å². The highest BCUT2D eigenvalue weighted by molar-refractivity contribution is 9.10. The van der Waals surface area contributed by atoms with E-state index in [4.69, 9.17) is 0 Å². The minimum atomic E-state index is -3.58. The summed E-state index contributed by atoms with van der Waals surface area (Å²) < 4.78 is 28.0. The molecule has 0 aromatic heterocycles. The molecule has 1 saturated carbocycles. The van der Waals surface area contributed by atoms with Gasteiger partial charge in [0.05, 0.1) is 11.9 Å². The van der Waals surface area contributed by atoms with Gasteiger partial charge < -0.3 is 10.2 Å². The van der Waals surface area contributed by atoms with Gasteiger partial charge in [0.2, 0.25) is 21.8 Å². The molecule has 0 heterocycles. The van der Waals surface area contributed by atoms with E-state index in [-0.39, 0.29) is 37.4 Å². The fraction of sp³-hybridized carbons (Fsp3) is 0.429. The molecule has 7 nitrogen and oxygen atoms in total. The summed E-state index contributed by atoms with van der Waals surface area (Å²) in [5.74, 6) is -0.323. The molecule has 1 aliphatic rings. The van der Waals surface area contributed by atoms with E-state index in [1.54, 1.807) is 4.90 Å². The summed E-state index contributed by atoms with van der Waals surface area (Å²) in [6, 6.07) is 22.7. The van der Waals surface area contributed by atoms with Gasteiger partial charge in [-0.15, -0.1) is 0 Å². The van der Waals surface area contributed by atoms with Gasteiger partial charge in [0.1, 0.15) is 6.04 Å². The third-order valence-electron chi connectivity index (χ3n) is 8.25. The van der Waals surface area contributed by atoms with Crippen LogP contribution in [0.15, 0.2) is 77.3 Å². The van der Waals surface area contributed by atoms with Crippen LogP contribution < -0.4 is 9.62 Å². The zero-order valence-corrected chi connectivity index (χ0v) is 28.4. The van der Waals surface area contributed by atoms with E-state index >= 15 is 0 Å². The maximum absolute atomic E-state index is 14.1. The Morgan fingerprint density at radius 3 is 2.32 bits per heavy atom. The van der Waals surface area contributed by atoms with Gasteiger partial charge in [-0.2, -0.15) is 0 Å². The van der Waals surface area contributed by atoms with Crippen molar-refractivity contribution in [1.29, 1.82) is 0 Å². The molecule has 9 heteroatoms. The summed E-state index contributed by atoms with van der Waals surface area (Å²) >= 11 is 3.54. The van der Waals surface area contributed by atoms with E-state index in [0.717, 1.165) is 52.4 Å². The molecule has 0 spiro atoms. The highest BCUT2D eigenvalue weighted by atomic mass is 79.9. The largest absolute Gasteiger partial charge is 0.352 e. The first-order valence-electron chi connectivity index (χ1n) is 15.4. The van der Waals surface area contributed by atoms with Crippen LogP contribution in [-0.4, -0.2) is 50.0 Å². The number of nitrogens with zero attached hydrogens (tertiary/aromatic N) is 2. The first-order valence-corrected chi connectivity index (χ1v) is 18.1. The predicted octanol–water partition coefficient (Wildman–Crippen LogP) is 6.70. The number of sulfonamides is 1. The van der Waals surface area contributed by atoms with Crippen molar-refractivity contribution < 1.29 is 18.0 Å². The zero-order chi connectivity index (χ0) is 31.7. The summed E-state index contributed by atoms with van der Waals surface area (Å²) in [6.45, 7) is 4.24. The molecule has 236 valence electrons. The van der Waals surface area contributed by atoms with Gasteiger partial charge in [-0.3, -0.25) is 13.9 Å². The SMILES string of the molecule is Cc1ccc(C)c(N(CCCC(=O)N(Cc2cccc(Br)c2)[C@@H](Cc2ccccc2)C(=O)NC2CCCCC2)S(C)(=O)=O)c1. The van der Waals surface area contributed by atoms with Gasteiger partial charge in [0.25, 0.3) is 0 Å². The van der Waals surface area contributed by atoms with Crippen molar-refractivity contribution in [2.24, 2.45) is 0 Å². The second kappa shape index (κ2) is 15.7. The number of halogens is 1. The number of nitrogens with one attached hydrogen (secondary N) is 1. The van der Waals surface area contributed by atoms with E-state index in [9.17, 15) is 18.0 Å². The van der Waals surface area contributed by atoms with Crippen molar-refractivity contribution in [3.8, 4) is 0 Å². The van der Waals surface area contributed by atoms with E-state index in [0.29, 0.717) is 18.5 Å². The number of aryl methyl sites for hydroxylation is 2. The fourth-order valence-corrected chi connectivity index (χ4v) is 7.36. The maximum Gasteiger partial charge on any atom is 0.243 e. The molecule has 3 aromatic carbocycles. The van der Waals surface area contributed by atoms with Crippen molar-refractivity contribution in [2.75, 3.05) is 17.1 Å². The van der Waals surface area contributed by atoms with Crippen LogP contribution in [0.3, 0.4) is 0 Å². The standard InChI is InChI=1S/C35H44BrN3O4S/c1-26-19-20-27(2)32(22-26)39(44(3,42)43)21-11-18-34(40)38(25-29-14-10-15-30(36)23-29)33(24-28-12-6-4-7-13-28)35(41)37-31-16-8-5-9-17-31/h4,6-7,10,12-15,19-20,22-23,31,33H,5,8-9,11,16-18,21,24-25H2,1-3H3,(H,37,41)/t33-/m0/s1. The van der Waals surface area contributed by atoms with Crippen LogP contribution in [0.4, 0.5) is 5.69 Å². The number of carbonyl (C=O) groups is 2. The van der Waals surface area contributed by atoms with Crippen LogP contribution in [0.25, 0.3) is 0 Å². The quantitative estimate of drug-likeness (QED) is 0.218. The minimum Gasteiger partial charge on any atom is -0.352 e. The minimum absolute atomic E-state index is 0.104. The number of anilines is 1. The van der Waals surface area contributed by atoms with Crippen molar-refractivity contribution in [2.45, 2.75) is 83.8 Å². The van der Waals surface area contributed by atoms with Gasteiger partial charge in [-0.25, -0.2) is 8.42 Å². The van der Waals surface area contributed by atoms with Crippen LogP contribution in [0.5, 0.6) is 0 Å². The molecular weight excluding hydrogens is 638 g/mol. The number of hydrogen-bond donors (Lipinski definition) is 1. The van der Waals surface area contributed by atoms with Gasteiger partial charge in [0, 0.05) is 36.4 Å². The summed E-state index contributed by atoms with van der Waals surface area (Å²) in [7, 11) is -3.58. The van der Waals surface area contributed by atoms with Crippen LogP contribution >= 0.6 is 15.9 Å². The third-order valence-corrected chi connectivity index (χ3v) is 9.92. The molecule has 0 saturated heterocycles. The number of hydrogen-bond acceptors (Lipinski definition) is 4. The van der Waals surface area contributed by atoms with Crippen LogP contribution in [-0.2, 0) is 32.6 Å². The number of carbonyl (C=O) groups excluding carboxylic acids is 2. The molecule has 1 aliphatic carbocycles. The second-order valence-electron chi connectivity index (χ2n) is 11.9. The Balaban J connectivity index is 1.60. The molecular formula is C35H44BrN3O4S. The molecule has 1 atom stereocenters. The van der Waals surface area contributed by atoms with Crippen molar-refractivity contribution in [3.05, 3.63) is 99.5 Å². The second-order valence-corrected chi connectivity index (χ2v) is 14.8. The first-order chi connectivity index (χ1) is 21.0. The molecule has 1 N–H and O–H groups in total. The molecule has 0 unspecified atom stereocenters. The Morgan fingerprint density at radius 1 is 0.932 bits per heavy atom. The molecule has 1 fully saturated rings. The summed E-state index contributed by atoms with van der Waals surface area (Å²) in [5, 5.41) is 3.27. The lowest BCUT2D eigenvalue weighted by atomic mass is 9.94. The average molecular weight is 683 g/mol. The van der Waals surface area contributed by atoms with Crippen LogP contribution in [0.1, 0.15) is 67.2 Å². The summed E-state index contributed by atoms with van der Waals surface area (Å²) in [5.41, 5.74) is 4.32. The van der Waals surface area contributed by atoms with Gasteiger partial charge in [-0.1, -0.05) is 89.8 Å². The molecule has 4 rings (SSSR count). The maximum atomic E-state index is 14.1. The van der Waals surface area contributed by atoms with Crippen molar-refractivity contribution in [1.82, 2.24) is 10.2 Å². The number of rotatable bonds is 13. The van der Waals surface area contributed by atoms with E-state index in [1.165, 1.54) is 17.0 Å². The summed E-state index contributed by atoms with van der Waals surface area (Å²) in [6.07, 6.45) is 7.26. The average Bonchev–Trinajstić information content (AvgIpc) is 2.99. The molecule has 0 radical (unpaired) electrons. The smallest absolute Gasteiger partial charge is 0.243 e. The predicted molar refractivity (Wildman–Crippen MR) is 181 cm³/mol. The molecule has 44 heavy (non-hydrogen) atoms. The first kappa shape index (κ1) is 33.7. The Bertz CT molecular complexity index is 1520. The highest BCUT2D eigenvalue weighted by Gasteiger charge is 2.32. The zero-order valence-electron chi connectivity index (χ0n) is 26.0. The summed E-state index contributed by atoms with van der Waals surface area (Å²) in [4.78, 5) is 29.8. The Morgan fingerprint density at radius 2 is 1.64 bits per heavy atom. The topological polar surface area (TPSA) is 86.8 Å². The van der Waals surface area contributed by atoms with Gasteiger partial charge >= 0.3 is 0 Å². The normalized spacial score (nSPS) is 14.5. The van der Waals surface area contributed by atoms with Crippen molar-refractivity contribution >= 4 is 43.5 Å². The fourth-order valence-electron chi connectivity index (χ4n) is 5.90. The van der Waals surface area contributed by atoms with Gasteiger partial charge in [0.15, 0.2) is 0 Å². The monoisotopic (exact) mass is 681 g/mol. The van der Waals surface area contributed by atoms with E-state index < -0.39 is 16.1 Å². The van der Waals surface area contributed by atoms with Crippen LogP contribution in [0, 0.1) is 13.8 Å². The number of benzene rings is 3. The molecule has 0 aliphatic heterocycles. The Kier molecular flexibility index (Phi) is 12.0. The highest BCUT2D eigenvalue weighted by Crippen LogP contribution is 2.25. The lowest BCUT2D eigenvalue weighted by Gasteiger charge is -2.34. The molecule has 2 amide bonds. The lowest BCUT2D eigenvalue weighted by molar-refractivity contribution is -0.141. The van der Waals surface area contributed by atoms with Crippen LogP contribution in [0.2, 0.25) is 0 Å². The van der Waals surface area contributed by atoms with Crippen molar-refractivity contribution in [3.63, 3.8) is 0 Å². The third kappa shape index (κ3) is 9.66. The van der Waals surface area contributed by atoms with Gasteiger partial charge in [-0.05, 0) is 73.6 Å².